The molecule has 0 fully saturated rings. The Morgan fingerprint density at radius 1 is 1.47 bits per heavy atom. The number of ether oxygens (including phenoxy) is 1. The van der Waals surface area contributed by atoms with E-state index in [0.29, 0.717) is 18.3 Å². The molecule has 0 radical (unpaired) electrons. The van der Waals surface area contributed by atoms with Gasteiger partial charge in [-0.2, -0.15) is 0 Å². The zero-order valence-corrected chi connectivity index (χ0v) is 12.1. The average Bonchev–Trinajstić information content (AvgIpc) is 2.69. The molecule has 0 spiro atoms. The van der Waals surface area contributed by atoms with E-state index in [-0.39, 0.29) is 0 Å². The molecule has 102 valence electrons. The maximum absolute atomic E-state index is 11.6. The van der Waals surface area contributed by atoms with Crippen LogP contribution in [0.15, 0.2) is 18.2 Å². The summed E-state index contributed by atoms with van der Waals surface area (Å²) in [5, 5.41) is 3.22. The van der Waals surface area contributed by atoms with Crippen molar-refractivity contribution in [2.45, 2.75) is 6.92 Å². The van der Waals surface area contributed by atoms with Gasteiger partial charge in [-0.3, -0.25) is 5.32 Å². The first-order valence-electron chi connectivity index (χ1n) is 6.00. The topological polar surface area (TPSA) is 54.5 Å². The lowest BCUT2D eigenvalue weighted by Crippen LogP contribution is -2.22. The number of likely N-dealkylation sites (N-methyl/N-ethyl adjacent to an activating group) is 1. The number of aryl methyl sites for hydroxylation is 1. The Morgan fingerprint density at radius 3 is 3.00 bits per heavy atom. The summed E-state index contributed by atoms with van der Waals surface area (Å²) >= 11 is 1.45. The van der Waals surface area contributed by atoms with E-state index in [4.69, 9.17) is 4.74 Å². The summed E-state index contributed by atoms with van der Waals surface area (Å²) in [7, 11) is 3.86. The predicted molar refractivity (Wildman–Crippen MR) is 77.9 cm³/mol. The number of anilines is 1. The van der Waals surface area contributed by atoms with Crippen molar-refractivity contribution < 1.29 is 9.53 Å². The summed E-state index contributed by atoms with van der Waals surface area (Å²) in [6, 6.07) is 6.00. The normalized spacial score (nSPS) is 10.9. The van der Waals surface area contributed by atoms with E-state index in [1.807, 2.05) is 38.1 Å². The van der Waals surface area contributed by atoms with Crippen LogP contribution in [0.25, 0.3) is 10.2 Å². The number of carbonyl (C=O) groups excluding carboxylic acids is 1. The maximum atomic E-state index is 11.6. The van der Waals surface area contributed by atoms with Crippen LogP contribution in [-0.2, 0) is 4.74 Å². The van der Waals surface area contributed by atoms with Gasteiger partial charge in [0.05, 0.1) is 10.2 Å². The van der Waals surface area contributed by atoms with Crippen LogP contribution in [0.3, 0.4) is 0 Å². The zero-order chi connectivity index (χ0) is 13.8. The molecule has 0 saturated carbocycles. The Morgan fingerprint density at radius 2 is 2.26 bits per heavy atom. The lowest BCUT2D eigenvalue weighted by Gasteiger charge is -2.09. The van der Waals surface area contributed by atoms with E-state index in [0.717, 1.165) is 10.2 Å². The molecule has 0 unspecified atom stereocenters. The fourth-order valence-corrected chi connectivity index (χ4v) is 2.48. The van der Waals surface area contributed by atoms with Gasteiger partial charge in [-0.25, -0.2) is 9.78 Å². The number of benzene rings is 1. The lowest BCUT2D eigenvalue weighted by atomic mass is 10.2. The smallest absolute Gasteiger partial charge is 0.413 e. The summed E-state index contributed by atoms with van der Waals surface area (Å²) in [5.74, 6) is 0. The first-order valence-corrected chi connectivity index (χ1v) is 6.82. The Kier molecular flexibility index (Phi) is 4.34. The molecule has 0 aliphatic rings. The highest BCUT2D eigenvalue weighted by atomic mass is 32.1. The van der Waals surface area contributed by atoms with E-state index in [1.54, 1.807) is 0 Å². The second-order valence-corrected chi connectivity index (χ2v) is 5.59. The van der Waals surface area contributed by atoms with Crippen LogP contribution in [-0.4, -0.2) is 43.2 Å². The third kappa shape index (κ3) is 3.90. The molecular weight excluding hydrogens is 262 g/mol. The third-order valence-electron chi connectivity index (χ3n) is 2.52. The summed E-state index contributed by atoms with van der Waals surface area (Å²) in [5.41, 5.74) is 2.07. The van der Waals surface area contributed by atoms with Gasteiger partial charge >= 0.3 is 6.09 Å². The van der Waals surface area contributed by atoms with Gasteiger partial charge in [0.25, 0.3) is 0 Å². The molecule has 5 nitrogen and oxygen atoms in total. The fraction of sp³-hybridized carbons (Fsp3) is 0.385. The summed E-state index contributed by atoms with van der Waals surface area (Å²) < 4.78 is 6.11. The van der Waals surface area contributed by atoms with Crippen LogP contribution >= 0.6 is 11.3 Å². The van der Waals surface area contributed by atoms with Gasteiger partial charge in [0.2, 0.25) is 0 Å². The Hall–Kier alpha value is -1.66. The number of thiazole rings is 1. The number of carbonyl (C=O) groups is 1. The predicted octanol–water partition coefficient (Wildman–Crippen LogP) is 2.71. The summed E-state index contributed by atoms with van der Waals surface area (Å²) in [6.45, 7) is 3.09. The highest BCUT2D eigenvalue weighted by Crippen LogP contribution is 2.26. The van der Waals surface area contributed by atoms with Crippen molar-refractivity contribution in [2.24, 2.45) is 0 Å². The molecule has 1 aromatic heterocycles. The summed E-state index contributed by atoms with van der Waals surface area (Å²) in [4.78, 5) is 17.8. The molecule has 1 amide bonds. The molecule has 2 rings (SSSR count). The molecule has 0 bridgehead atoms. The van der Waals surface area contributed by atoms with Gasteiger partial charge in [0.1, 0.15) is 6.61 Å². The number of nitrogens with zero attached hydrogens (tertiary/aromatic N) is 2. The zero-order valence-electron chi connectivity index (χ0n) is 11.3. The van der Waals surface area contributed by atoms with Crippen molar-refractivity contribution in [2.75, 3.05) is 32.6 Å². The maximum Gasteiger partial charge on any atom is 0.413 e. The molecule has 0 saturated heterocycles. The van der Waals surface area contributed by atoms with E-state index >= 15 is 0 Å². The lowest BCUT2D eigenvalue weighted by molar-refractivity contribution is 0.151. The van der Waals surface area contributed by atoms with E-state index in [1.165, 1.54) is 16.9 Å². The molecule has 0 aliphatic carbocycles. The van der Waals surface area contributed by atoms with Crippen molar-refractivity contribution >= 4 is 32.8 Å². The molecule has 19 heavy (non-hydrogen) atoms. The van der Waals surface area contributed by atoms with Crippen molar-refractivity contribution in [3.63, 3.8) is 0 Å². The molecular formula is C13H17N3O2S. The molecule has 6 heteroatoms. The third-order valence-corrected chi connectivity index (χ3v) is 3.46. The van der Waals surface area contributed by atoms with Gasteiger partial charge < -0.3 is 9.64 Å². The van der Waals surface area contributed by atoms with Crippen LogP contribution in [0.4, 0.5) is 9.93 Å². The van der Waals surface area contributed by atoms with E-state index < -0.39 is 6.09 Å². The number of fused-ring (bicyclic) bond motifs is 1. The SMILES string of the molecule is Cc1ccc2nc(NC(=O)OCCN(C)C)sc2c1. The highest BCUT2D eigenvalue weighted by molar-refractivity contribution is 7.22. The molecule has 1 N–H and O–H groups in total. The Bertz CT molecular complexity index is 580. The van der Waals surface area contributed by atoms with Gasteiger partial charge in [-0.1, -0.05) is 17.4 Å². The van der Waals surface area contributed by atoms with Gasteiger partial charge in [0.15, 0.2) is 5.13 Å². The molecule has 0 aliphatic heterocycles. The number of nitrogens with one attached hydrogen (secondary N) is 1. The summed E-state index contributed by atoms with van der Waals surface area (Å²) in [6.07, 6.45) is -0.461. The van der Waals surface area contributed by atoms with Crippen molar-refractivity contribution in [3.05, 3.63) is 23.8 Å². The number of rotatable bonds is 4. The number of hydrogen-bond donors (Lipinski definition) is 1. The van der Waals surface area contributed by atoms with Crippen LogP contribution in [0.1, 0.15) is 5.56 Å². The quantitative estimate of drug-likeness (QED) is 0.935. The number of amides is 1. The molecule has 0 atom stereocenters. The second-order valence-electron chi connectivity index (χ2n) is 4.55. The standard InChI is InChI=1S/C13H17N3O2S/c1-9-4-5-10-11(8-9)19-12(14-10)15-13(17)18-7-6-16(2)3/h4-5,8H,6-7H2,1-3H3,(H,14,15,17). The Labute approximate surface area is 116 Å². The average molecular weight is 279 g/mol. The fourth-order valence-electron chi connectivity index (χ4n) is 1.53. The molecule has 1 aromatic carbocycles. The Balaban J connectivity index is 1.95. The minimum atomic E-state index is -0.461. The van der Waals surface area contributed by atoms with Crippen molar-refractivity contribution in [1.82, 2.24) is 9.88 Å². The second kappa shape index (κ2) is 5.99. The van der Waals surface area contributed by atoms with Crippen molar-refractivity contribution in [1.29, 1.82) is 0 Å². The monoisotopic (exact) mass is 279 g/mol. The molecule has 2 aromatic rings. The van der Waals surface area contributed by atoms with Crippen LogP contribution in [0.2, 0.25) is 0 Å². The number of aromatic nitrogens is 1. The van der Waals surface area contributed by atoms with Crippen LogP contribution in [0.5, 0.6) is 0 Å². The van der Waals surface area contributed by atoms with E-state index in [9.17, 15) is 4.79 Å². The van der Waals surface area contributed by atoms with Crippen LogP contribution in [0, 0.1) is 6.92 Å². The molecule has 1 heterocycles. The van der Waals surface area contributed by atoms with Gasteiger partial charge in [0, 0.05) is 6.54 Å². The highest BCUT2D eigenvalue weighted by Gasteiger charge is 2.08. The minimum Gasteiger partial charge on any atom is -0.448 e. The first kappa shape index (κ1) is 13.8. The largest absolute Gasteiger partial charge is 0.448 e. The van der Waals surface area contributed by atoms with Gasteiger partial charge in [-0.05, 0) is 38.7 Å². The minimum absolute atomic E-state index is 0.364. The van der Waals surface area contributed by atoms with Gasteiger partial charge in [-0.15, -0.1) is 0 Å². The first-order chi connectivity index (χ1) is 9.04. The van der Waals surface area contributed by atoms with E-state index in [2.05, 4.69) is 16.4 Å². The van der Waals surface area contributed by atoms with Crippen molar-refractivity contribution in [3.8, 4) is 0 Å². The van der Waals surface area contributed by atoms with Crippen LogP contribution < -0.4 is 5.32 Å². The number of hydrogen-bond acceptors (Lipinski definition) is 5.